The van der Waals surface area contributed by atoms with E-state index in [9.17, 15) is 8.42 Å². The van der Waals surface area contributed by atoms with Crippen molar-refractivity contribution < 1.29 is 8.42 Å². The van der Waals surface area contributed by atoms with Crippen LogP contribution in [0.15, 0.2) is 23.4 Å². The quantitative estimate of drug-likeness (QED) is 0.835. The van der Waals surface area contributed by atoms with Gasteiger partial charge in [0, 0.05) is 32.0 Å². The summed E-state index contributed by atoms with van der Waals surface area (Å²) >= 11 is 0. The Morgan fingerprint density at radius 2 is 2.11 bits per heavy atom. The van der Waals surface area contributed by atoms with Crippen LogP contribution in [-0.4, -0.2) is 37.3 Å². The Labute approximate surface area is 116 Å². The minimum atomic E-state index is -3.50. The van der Waals surface area contributed by atoms with Crippen LogP contribution in [0.3, 0.4) is 0 Å². The smallest absolute Gasteiger partial charge is 0.246 e. The molecule has 0 spiro atoms. The van der Waals surface area contributed by atoms with E-state index >= 15 is 0 Å². The fourth-order valence-electron chi connectivity index (χ4n) is 1.64. The van der Waals surface area contributed by atoms with Crippen LogP contribution in [0.25, 0.3) is 0 Å². The molecule has 0 radical (unpaired) electrons. The van der Waals surface area contributed by atoms with E-state index in [-0.39, 0.29) is 10.9 Å². The van der Waals surface area contributed by atoms with Crippen LogP contribution < -0.4 is 5.32 Å². The average Bonchev–Trinajstić information content (AvgIpc) is 2.43. The standard InChI is InChI=1S/C13H23N3O2S/c1-5-8-15-12-7-9-14-10-13(12)19(17,18)16(4)11(3)6-2/h7,9-11H,5-6,8H2,1-4H3,(H,14,15). The van der Waals surface area contributed by atoms with E-state index in [2.05, 4.69) is 10.3 Å². The lowest BCUT2D eigenvalue weighted by Crippen LogP contribution is -2.35. The first-order chi connectivity index (χ1) is 8.95. The Hall–Kier alpha value is -1.14. The molecular formula is C13H23N3O2S. The zero-order valence-electron chi connectivity index (χ0n) is 12.0. The summed E-state index contributed by atoms with van der Waals surface area (Å²) in [5, 5.41) is 3.14. The Bertz CT molecular complexity index is 502. The van der Waals surface area contributed by atoms with Gasteiger partial charge in [0.1, 0.15) is 4.90 Å². The predicted octanol–water partition coefficient (Wildman–Crippen LogP) is 2.32. The summed E-state index contributed by atoms with van der Waals surface area (Å²) < 4.78 is 26.5. The monoisotopic (exact) mass is 285 g/mol. The predicted molar refractivity (Wildman–Crippen MR) is 77.7 cm³/mol. The molecule has 1 rings (SSSR count). The van der Waals surface area contributed by atoms with Crippen LogP contribution in [0.5, 0.6) is 0 Å². The lowest BCUT2D eigenvalue weighted by atomic mass is 10.3. The largest absolute Gasteiger partial charge is 0.384 e. The number of aromatic nitrogens is 1. The van der Waals surface area contributed by atoms with Crippen molar-refractivity contribution in [2.45, 2.75) is 44.6 Å². The van der Waals surface area contributed by atoms with E-state index in [4.69, 9.17) is 0 Å². The summed E-state index contributed by atoms with van der Waals surface area (Å²) in [6, 6.07) is 1.66. The molecule has 1 aromatic rings. The fraction of sp³-hybridized carbons (Fsp3) is 0.615. The van der Waals surface area contributed by atoms with Gasteiger partial charge in [-0.2, -0.15) is 4.31 Å². The molecule has 1 unspecified atom stereocenters. The fourth-order valence-corrected chi connectivity index (χ4v) is 3.19. The summed E-state index contributed by atoms with van der Waals surface area (Å²) in [6.07, 6.45) is 4.71. The molecule has 0 aliphatic rings. The van der Waals surface area contributed by atoms with Gasteiger partial charge in [-0.05, 0) is 25.8 Å². The first-order valence-electron chi connectivity index (χ1n) is 6.61. The Morgan fingerprint density at radius 1 is 1.42 bits per heavy atom. The first-order valence-corrected chi connectivity index (χ1v) is 8.05. The van der Waals surface area contributed by atoms with Crippen LogP contribution in [0, 0.1) is 0 Å². The summed E-state index contributed by atoms with van der Waals surface area (Å²) in [7, 11) is -1.89. The molecule has 0 amide bonds. The summed E-state index contributed by atoms with van der Waals surface area (Å²) in [5.74, 6) is 0. The molecule has 19 heavy (non-hydrogen) atoms. The van der Waals surface area contributed by atoms with E-state index in [1.54, 1.807) is 19.3 Å². The molecule has 0 saturated carbocycles. The summed E-state index contributed by atoms with van der Waals surface area (Å²) in [6.45, 7) is 6.64. The first kappa shape index (κ1) is 15.9. The van der Waals surface area contributed by atoms with Crippen molar-refractivity contribution in [1.29, 1.82) is 0 Å². The van der Waals surface area contributed by atoms with Gasteiger partial charge in [0.15, 0.2) is 0 Å². The zero-order valence-corrected chi connectivity index (χ0v) is 12.9. The number of hydrogen-bond donors (Lipinski definition) is 1. The number of anilines is 1. The van der Waals surface area contributed by atoms with E-state index in [1.807, 2.05) is 20.8 Å². The maximum Gasteiger partial charge on any atom is 0.246 e. The van der Waals surface area contributed by atoms with Crippen LogP contribution in [-0.2, 0) is 10.0 Å². The lowest BCUT2D eigenvalue weighted by Gasteiger charge is -2.24. The highest BCUT2D eigenvalue weighted by Crippen LogP contribution is 2.24. The van der Waals surface area contributed by atoms with Gasteiger partial charge in [-0.1, -0.05) is 13.8 Å². The van der Waals surface area contributed by atoms with E-state index in [1.165, 1.54) is 10.5 Å². The highest BCUT2D eigenvalue weighted by Gasteiger charge is 2.27. The summed E-state index contributed by atoms with van der Waals surface area (Å²) in [5.41, 5.74) is 0.618. The normalized spacial score (nSPS) is 13.5. The van der Waals surface area contributed by atoms with E-state index in [0.29, 0.717) is 5.69 Å². The maximum atomic E-state index is 12.6. The number of sulfonamides is 1. The Kier molecular flexibility index (Phi) is 5.75. The second-order valence-electron chi connectivity index (χ2n) is 4.58. The number of nitrogens with zero attached hydrogens (tertiary/aromatic N) is 2. The molecule has 0 aliphatic carbocycles. The molecule has 1 atom stereocenters. The van der Waals surface area contributed by atoms with Crippen molar-refractivity contribution >= 4 is 15.7 Å². The van der Waals surface area contributed by atoms with Crippen molar-refractivity contribution in [2.24, 2.45) is 0 Å². The van der Waals surface area contributed by atoms with Crippen LogP contribution in [0.2, 0.25) is 0 Å². The molecule has 0 bridgehead atoms. The lowest BCUT2D eigenvalue weighted by molar-refractivity contribution is 0.380. The second-order valence-corrected chi connectivity index (χ2v) is 6.54. The SMILES string of the molecule is CCCNc1ccncc1S(=O)(=O)N(C)C(C)CC. The van der Waals surface area contributed by atoms with Crippen molar-refractivity contribution in [1.82, 2.24) is 9.29 Å². The molecule has 1 N–H and O–H groups in total. The van der Waals surface area contributed by atoms with Crippen molar-refractivity contribution in [3.8, 4) is 0 Å². The van der Waals surface area contributed by atoms with Crippen molar-refractivity contribution in [3.05, 3.63) is 18.5 Å². The molecule has 1 heterocycles. The molecule has 108 valence electrons. The summed E-state index contributed by atoms with van der Waals surface area (Å²) in [4.78, 5) is 4.18. The van der Waals surface area contributed by atoms with Gasteiger partial charge >= 0.3 is 0 Å². The van der Waals surface area contributed by atoms with Crippen LogP contribution >= 0.6 is 0 Å². The van der Waals surface area contributed by atoms with Crippen LogP contribution in [0.4, 0.5) is 5.69 Å². The number of nitrogens with one attached hydrogen (secondary N) is 1. The van der Waals surface area contributed by atoms with E-state index in [0.717, 1.165) is 19.4 Å². The number of hydrogen-bond acceptors (Lipinski definition) is 4. The molecule has 1 aromatic heterocycles. The van der Waals surface area contributed by atoms with Gasteiger partial charge in [0.05, 0.1) is 5.69 Å². The maximum absolute atomic E-state index is 12.6. The average molecular weight is 285 g/mol. The topological polar surface area (TPSA) is 62.3 Å². The number of rotatable bonds is 7. The third-order valence-electron chi connectivity index (χ3n) is 3.22. The molecule has 0 saturated heterocycles. The molecular weight excluding hydrogens is 262 g/mol. The Balaban J connectivity index is 3.14. The molecule has 0 aliphatic heterocycles. The minimum Gasteiger partial charge on any atom is -0.384 e. The highest BCUT2D eigenvalue weighted by molar-refractivity contribution is 7.89. The molecule has 6 heteroatoms. The van der Waals surface area contributed by atoms with Crippen LogP contribution in [0.1, 0.15) is 33.6 Å². The Morgan fingerprint density at radius 3 is 2.68 bits per heavy atom. The molecule has 0 fully saturated rings. The molecule has 0 aromatic carbocycles. The van der Waals surface area contributed by atoms with Gasteiger partial charge < -0.3 is 5.32 Å². The third-order valence-corrected chi connectivity index (χ3v) is 5.22. The second kappa shape index (κ2) is 6.86. The van der Waals surface area contributed by atoms with Crippen molar-refractivity contribution in [3.63, 3.8) is 0 Å². The third kappa shape index (κ3) is 3.67. The minimum absolute atomic E-state index is 0.0377. The van der Waals surface area contributed by atoms with Gasteiger partial charge in [0.2, 0.25) is 10.0 Å². The van der Waals surface area contributed by atoms with Gasteiger partial charge in [-0.15, -0.1) is 0 Å². The highest BCUT2D eigenvalue weighted by atomic mass is 32.2. The van der Waals surface area contributed by atoms with E-state index < -0.39 is 10.0 Å². The van der Waals surface area contributed by atoms with Crippen molar-refractivity contribution in [2.75, 3.05) is 18.9 Å². The zero-order chi connectivity index (χ0) is 14.5. The van der Waals surface area contributed by atoms with Gasteiger partial charge in [-0.25, -0.2) is 8.42 Å². The molecule has 5 nitrogen and oxygen atoms in total. The van der Waals surface area contributed by atoms with Gasteiger partial charge in [0.25, 0.3) is 0 Å². The van der Waals surface area contributed by atoms with Gasteiger partial charge in [-0.3, -0.25) is 4.98 Å². The number of pyridine rings is 1.